The Labute approximate surface area is 133 Å². The first-order chi connectivity index (χ1) is 11.1. The van der Waals surface area contributed by atoms with E-state index in [9.17, 15) is 9.59 Å². The van der Waals surface area contributed by atoms with Crippen molar-refractivity contribution in [1.29, 1.82) is 0 Å². The molecule has 0 atom stereocenters. The van der Waals surface area contributed by atoms with E-state index in [0.29, 0.717) is 22.2 Å². The van der Waals surface area contributed by atoms with Gasteiger partial charge in [0.1, 0.15) is 0 Å². The number of nitrogens with zero attached hydrogens (tertiary/aromatic N) is 2. The first-order valence-corrected chi connectivity index (χ1v) is 7.20. The van der Waals surface area contributed by atoms with E-state index >= 15 is 0 Å². The van der Waals surface area contributed by atoms with Crippen molar-refractivity contribution in [3.63, 3.8) is 0 Å². The number of aryl methyl sites for hydroxylation is 1. The van der Waals surface area contributed by atoms with Gasteiger partial charge in [-0.05, 0) is 13.0 Å². The van der Waals surface area contributed by atoms with Crippen LogP contribution in [0.4, 0.5) is 5.69 Å². The van der Waals surface area contributed by atoms with Crippen molar-refractivity contribution < 1.29 is 9.59 Å². The summed E-state index contributed by atoms with van der Waals surface area (Å²) in [7, 11) is 0. The summed E-state index contributed by atoms with van der Waals surface area (Å²) in [4.78, 5) is 24.3. The Morgan fingerprint density at radius 3 is 2.35 bits per heavy atom. The predicted molar refractivity (Wildman–Crippen MR) is 88.5 cm³/mol. The predicted octanol–water partition coefficient (Wildman–Crippen LogP) is 3.13. The van der Waals surface area contributed by atoms with E-state index in [2.05, 4.69) is 15.5 Å². The van der Waals surface area contributed by atoms with Crippen LogP contribution < -0.4 is 5.32 Å². The Bertz CT molecular complexity index is 902. The number of fused-ring (bicyclic) bond motifs is 1. The number of nitrogens with one attached hydrogen (secondary N) is 1. The Morgan fingerprint density at radius 1 is 0.957 bits per heavy atom. The molecule has 1 aromatic heterocycles. The average molecular weight is 305 g/mol. The zero-order valence-corrected chi connectivity index (χ0v) is 12.8. The minimum absolute atomic E-state index is 0.141. The fraction of sp³-hybridized carbons (Fsp3) is 0.111. The van der Waals surface area contributed by atoms with E-state index in [-0.39, 0.29) is 17.4 Å². The molecular formula is C18H15N3O2. The van der Waals surface area contributed by atoms with E-state index in [4.69, 9.17) is 0 Å². The minimum atomic E-state index is -0.271. The molecule has 3 aromatic rings. The molecule has 3 rings (SSSR count). The van der Waals surface area contributed by atoms with Crippen molar-refractivity contribution in [2.45, 2.75) is 13.8 Å². The van der Waals surface area contributed by atoms with E-state index in [1.807, 2.05) is 31.2 Å². The maximum Gasteiger partial charge on any atom is 0.221 e. The van der Waals surface area contributed by atoms with E-state index in [1.54, 1.807) is 24.3 Å². The molecule has 1 amide bonds. The summed E-state index contributed by atoms with van der Waals surface area (Å²) in [6.45, 7) is 3.35. The van der Waals surface area contributed by atoms with Crippen LogP contribution in [-0.4, -0.2) is 21.9 Å². The molecule has 0 bridgehead atoms. The fourth-order valence-corrected chi connectivity index (χ4v) is 2.36. The molecule has 5 heteroatoms. The number of hydrogen-bond donors (Lipinski definition) is 1. The van der Waals surface area contributed by atoms with Crippen LogP contribution in [0, 0.1) is 6.92 Å². The van der Waals surface area contributed by atoms with Gasteiger partial charge in [-0.1, -0.05) is 48.0 Å². The molecule has 0 saturated heterocycles. The van der Waals surface area contributed by atoms with Gasteiger partial charge in [-0.3, -0.25) is 9.59 Å². The number of carbonyl (C=O) groups is 2. The highest BCUT2D eigenvalue weighted by atomic mass is 16.1. The van der Waals surface area contributed by atoms with Gasteiger partial charge < -0.3 is 5.32 Å². The lowest BCUT2D eigenvalue weighted by Gasteiger charge is -2.11. The molecule has 0 aliphatic heterocycles. The molecule has 0 aliphatic rings. The van der Waals surface area contributed by atoms with E-state index in [1.165, 1.54) is 6.92 Å². The normalized spacial score (nSPS) is 10.5. The number of aromatic nitrogens is 2. The van der Waals surface area contributed by atoms with Crippen LogP contribution in [0.1, 0.15) is 28.5 Å². The molecule has 2 aromatic carbocycles. The number of rotatable bonds is 3. The van der Waals surface area contributed by atoms with Gasteiger partial charge in [0.25, 0.3) is 0 Å². The molecular weight excluding hydrogens is 290 g/mol. The molecule has 0 saturated carbocycles. The van der Waals surface area contributed by atoms with Crippen molar-refractivity contribution in [2.24, 2.45) is 0 Å². The number of carbonyl (C=O) groups excluding carboxylic acids is 2. The summed E-state index contributed by atoms with van der Waals surface area (Å²) in [5.41, 5.74) is 2.73. The highest BCUT2D eigenvalue weighted by Crippen LogP contribution is 2.26. The average Bonchev–Trinajstić information content (AvgIpc) is 2.55. The largest absolute Gasteiger partial charge is 0.324 e. The third-order valence-electron chi connectivity index (χ3n) is 3.50. The topological polar surface area (TPSA) is 72.0 Å². The van der Waals surface area contributed by atoms with Crippen molar-refractivity contribution in [2.75, 3.05) is 5.32 Å². The third-order valence-corrected chi connectivity index (χ3v) is 3.50. The first kappa shape index (κ1) is 14.8. The van der Waals surface area contributed by atoms with Crippen LogP contribution in [0.2, 0.25) is 0 Å². The van der Waals surface area contributed by atoms with Crippen molar-refractivity contribution in [1.82, 2.24) is 10.2 Å². The van der Waals surface area contributed by atoms with Gasteiger partial charge in [-0.2, -0.15) is 0 Å². The zero-order valence-electron chi connectivity index (χ0n) is 12.8. The minimum Gasteiger partial charge on any atom is -0.324 e. The van der Waals surface area contributed by atoms with Crippen molar-refractivity contribution in [3.8, 4) is 0 Å². The fourth-order valence-electron chi connectivity index (χ4n) is 2.36. The number of benzene rings is 2. The quantitative estimate of drug-likeness (QED) is 0.755. The maximum atomic E-state index is 12.7. The molecule has 0 aliphatic carbocycles. The van der Waals surface area contributed by atoms with Crippen molar-refractivity contribution in [3.05, 3.63) is 65.4 Å². The zero-order chi connectivity index (χ0) is 16.4. The molecule has 114 valence electrons. The van der Waals surface area contributed by atoms with Gasteiger partial charge >= 0.3 is 0 Å². The monoisotopic (exact) mass is 305 g/mol. The van der Waals surface area contributed by atoms with Crippen LogP contribution in [0.25, 0.3) is 10.9 Å². The van der Waals surface area contributed by atoms with Gasteiger partial charge in [-0.15, -0.1) is 10.2 Å². The third kappa shape index (κ3) is 2.94. The molecule has 0 spiro atoms. The second-order valence-electron chi connectivity index (χ2n) is 5.32. The van der Waals surface area contributed by atoms with Crippen LogP contribution >= 0.6 is 0 Å². The van der Waals surface area contributed by atoms with Gasteiger partial charge in [0.05, 0.1) is 11.2 Å². The van der Waals surface area contributed by atoms with Gasteiger partial charge in [-0.25, -0.2) is 0 Å². The van der Waals surface area contributed by atoms with Crippen LogP contribution in [0.3, 0.4) is 0 Å². The van der Waals surface area contributed by atoms with Gasteiger partial charge in [0.15, 0.2) is 5.69 Å². The van der Waals surface area contributed by atoms with Crippen LogP contribution in [0.5, 0.6) is 0 Å². The highest BCUT2D eigenvalue weighted by molar-refractivity contribution is 6.16. The van der Waals surface area contributed by atoms with Gasteiger partial charge in [0.2, 0.25) is 11.7 Å². The summed E-state index contributed by atoms with van der Waals surface area (Å²) < 4.78 is 0. The van der Waals surface area contributed by atoms with Gasteiger partial charge in [0, 0.05) is 17.9 Å². The Morgan fingerprint density at radius 2 is 1.65 bits per heavy atom. The maximum absolute atomic E-state index is 12.7. The van der Waals surface area contributed by atoms with E-state index < -0.39 is 0 Å². The number of hydrogen-bond acceptors (Lipinski definition) is 4. The second-order valence-corrected chi connectivity index (χ2v) is 5.32. The lowest BCUT2D eigenvalue weighted by Crippen LogP contribution is -2.15. The molecule has 5 nitrogen and oxygen atoms in total. The summed E-state index contributed by atoms with van der Waals surface area (Å²) in [5.74, 6) is -0.534. The number of ketones is 1. The Balaban J connectivity index is 2.17. The van der Waals surface area contributed by atoms with Crippen LogP contribution in [0.15, 0.2) is 48.5 Å². The SMILES string of the molecule is CC(=O)Nc1c(C(=O)c2ccc(C)cc2)nnc2ccccc12. The molecule has 23 heavy (non-hydrogen) atoms. The second kappa shape index (κ2) is 5.96. The molecule has 1 N–H and O–H groups in total. The summed E-state index contributed by atoms with van der Waals surface area (Å²) >= 11 is 0. The number of anilines is 1. The first-order valence-electron chi connectivity index (χ1n) is 7.20. The standard InChI is InChI=1S/C18H15N3O2/c1-11-7-9-13(10-8-11)18(23)17-16(19-12(2)22)14-5-3-4-6-15(14)20-21-17/h3-10H,1-2H3,(H,19,20,22). The molecule has 0 unspecified atom stereocenters. The Hall–Kier alpha value is -3.08. The molecule has 0 fully saturated rings. The van der Waals surface area contributed by atoms with E-state index in [0.717, 1.165) is 5.56 Å². The highest BCUT2D eigenvalue weighted by Gasteiger charge is 2.19. The summed E-state index contributed by atoms with van der Waals surface area (Å²) in [5, 5.41) is 11.5. The lowest BCUT2D eigenvalue weighted by atomic mass is 10.0. The number of amides is 1. The molecule has 0 radical (unpaired) electrons. The smallest absolute Gasteiger partial charge is 0.221 e. The molecule has 1 heterocycles. The summed E-state index contributed by atoms with van der Waals surface area (Å²) in [6.07, 6.45) is 0. The van der Waals surface area contributed by atoms with Crippen LogP contribution in [-0.2, 0) is 4.79 Å². The van der Waals surface area contributed by atoms with Crippen molar-refractivity contribution >= 4 is 28.3 Å². The lowest BCUT2D eigenvalue weighted by molar-refractivity contribution is -0.114. The Kier molecular flexibility index (Phi) is 3.85. The summed E-state index contributed by atoms with van der Waals surface area (Å²) in [6, 6.07) is 14.5.